The summed E-state index contributed by atoms with van der Waals surface area (Å²) in [6, 6.07) is 25.0. The summed E-state index contributed by atoms with van der Waals surface area (Å²) in [5, 5.41) is 11.9. The Balaban J connectivity index is 1.78. The summed E-state index contributed by atoms with van der Waals surface area (Å²) in [6.07, 6.45) is 0.809. The minimum absolute atomic E-state index is 0.0242. The Morgan fingerprint density at radius 1 is 1.00 bits per heavy atom. The normalized spacial score (nSPS) is 19.1. The van der Waals surface area contributed by atoms with E-state index in [0.29, 0.717) is 23.3 Å². The van der Waals surface area contributed by atoms with E-state index in [1.54, 1.807) is 54.6 Å². The monoisotopic (exact) mass is 448 g/mol. The lowest BCUT2D eigenvalue weighted by Gasteiger charge is -2.25. The SMILES string of the molecule is CC1(Cc2ccccc2)CC(S(=O)(=O)c2ccccc2)=C(c2ccc(C(N)=NO)cc2)O1. The van der Waals surface area contributed by atoms with Crippen molar-refractivity contribution in [2.45, 2.75) is 30.3 Å². The van der Waals surface area contributed by atoms with Gasteiger partial charge in [-0.25, -0.2) is 8.42 Å². The van der Waals surface area contributed by atoms with E-state index in [9.17, 15) is 8.42 Å². The molecular formula is C25H24N2O4S. The van der Waals surface area contributed by atoms with Gasteiger partial charge in [0.15, 0.2) is 5.84 Å². The third kappa shape index (κ3) is 4.24. The van der Waals surface area contributed by atoms with E-state index in [1.165, 1.54) is 0 Å². The minimum atomic E-state index is -3.76. The molecular weight excluding hydrogens is 424 g/mol. The van der Waals surface area contributed by atoms with E-state index in [4.69, 9.17) is 15.7 Å². The summed E-state index contributed by atoms with van der Waals surface area (Å²) in [5.41, 5.74) is 7.14. The summed E-state index contributed by atoms with van der Waals surface area (Å²) >= 11 is 0. The van der Waals surface area contributed by atoms with E-state index in [1.807, 2.05) is 37.3 Å². The molecule has 3 N–H and O–H groups in total. The van der Waals surface area contributed by atoms with E-state index in [2.05, 4.69) is 5.16 Å². The summed E-state index contributed by atoms with van der Waals surface area (Å²) in [6.45, 7) is 1.93. The van der Waals surface area contributed by atoms with E-state index in [-0.39, 0.29) is 22.1 Å². The zero-order valence-corrected chi connectivity index (χ0v) is 18.4. The highest BCUT2D eigenvalue weighted by Crippen LogP contribution is 2.44. The molecule has 3 aromatic rings. The molecule has 4 rings (SSSR count). The van der Waals surface area contributed by atoms with Gasteiger partial charge in [0.2, 0.25) is 9.84 Å². The third-order valence-corrected chi connectivity index (χ3v) is 7.36. The predicted octanol–water partition coefficient (Wildman–Crippen LogP) is 4.35. The molecule has 0 amide bonds. The maximum absolute atomic E-state index is 13.6. The highest BCUT2D eigenvalue weighted by Gasteiger charge is 2.42. The van der Waals surface area contributed by atoms with Crippen LogP contribution in [0.4, 0.5) is 0 Å². The Bertz CT molecular complexity index is 1270. The summed E-state index contributed by atoms with van der Waals surface area (Å²) in [5.74, 6) is 0.308. The smallest absolute Gasteiger partial charge is 0.206 e. The van der Waals surface area contributed by atoms with Crippen LogP contribution < -0.4 is 5.73 Å². The van der Waals surface area contributed by atoms with Crippen LogP contribution in [-0.4, -0.2) is 25.1 Å². The average molecular weight is 449 g/mol. The number of rotatable bonds is 6. The standard InChI is InChI=1S/C25H24N2O4S/c1-25(16-18-8-4-2-5-9-18)17-22(32(29,30)21-10-6-3-7-11-21)23(31-25)19-12-14-20(15-13-19)24(26)27-28/h2-15,28H,16-17H2,1H3,(H2,26,27). The molecule has 7 heteroatoms. The first-order valence-electron chi connectivity index (χ1n) is 10.2. The fourth-order valence-electron chi connectivity index (χ4n) is 3.91. The number of hydrogen-bond donors (Lipinski definition) is 2. The number of oxime groups is 1. The molecule has 0 saturated carbocycles. The van der Waals surface area contributed by atoms with Gasteiger partial charge >= 0.3 is 0 Å². The van der Waals surface area contributed by atoms with Gasteiger partial charge in [0, 0.05) is 24.0 Å². The third-order valence-electron chi connectivity index (χ3n) is 5.49. The molecule has 0 spiro atoms. The molecule has 164 valence electrons. The second kappa shape index (κ2) is 8.51. The van der Waals surface area contributed by atoms with Gasteiger partial charge in [-0.05, 0) is 24.6 Å². The van der Waals surface area contributed by atoms with Crippen LogP contribution in [0.25, 0.3) is 5.76 Å². The molecule has 0 radical (unpaired) electrons. The van der Waals surface area contributed by atoms with Crippen molar-refractivity contribution in [1.82, 2.24) is 0 Å². The van der Waals surface area contributed by atoms with Crippen molar-refractivity contribution in [3.8, 4) is 0 Å². The number of ether oxygens (including phenoxy) is 1. The lowest BCUT2D eigenvalue weighted by Crippen LogP contribution is -2.27. The highest BCUT2D eigenvalue weighted by atomic mass is 32.2. The van der Waals surface area contributed by atoms with Crippen molar-refractivity contribution >= 4 is 21.4 Å². The lowest BCUT2D eigenvalue weighted by atomic mass is 9.94. The minimum Gasteiger partial charge on any atom is -0.485 e. The topological polar surface area (TPSA) is 102 Å². The molecule has 32 heavy (non-hydrogen) atoms. The summed E-state index contributed by atoms with van der Waals surface area (Å²) < 4.78 is 33.5. The van der Waals surface area contributed by atoms with Crippen molar-refractivity contribution in [2.24, 2.45) is 10.9 Å². The first-order valence-corrected chi connectivity index (χ1v) is 11.7. The maximum Gasteiger partial charge on any atom is 0.206 e. The molecule has 0 aromatic heterocycles. The predicted molar refractivity (Wildman–Crippen MR) is 124 cm³/mol. The Labute approximate surface area is 187 Å². The van der Waals surface area contributed by atoms with Gasteiger partial charge in [0.25, 0.3) is 0 Å². The molecule has 0 fully saturated rings. The molecule has 1 aliphatic heterocycles. The number of amidine groups is 1. The largest absolute Gasteiger partial charge is 0.485 e. The molecule has 0 bridgehead atoms. The Morgan fingerprint density at radius 3 is 2.19 bits per heavy atom. The van der Waals surface area contributed by atoms with Crippen molar-refractivity contribution in [1.29, 1.82) is 0 Å². The average Bonchev–Trinajstić information content (AvgIpc) is 3.18. The molecule has 0 saturated heterocycles. The zero-order chi connectivity index (χ0) is 22.8. The van der Waals surface area contributed by atoms with E-state index in [0.717, 1.165) is 5.56 Å². The van der Waals surface area contributed by atoms with Crippen molar-refractivity contribution in [3.05, 3.63) is 107 Å². The van der Waals surface area contributed by atoms with Gasteiger partial charge in [-0.3, -0.25) is 0 Å². The van der Waals surface area contributed by atoms with Crippen LogP contribution in [0.3, 0.4) is 0 Å². The van der Waals surface area contributed by atoms with E-state index < -0.39 is 15.4 Å². The fraction of sp³-hybridized carbons (Fsp3) is 0.160. The van der Waals surface area contributed by atoms with Gasteiger partial charge in [0.05, 0.1) is 9.80 Å². The molecule has 1 unspecified atom stereocenters. The Kier molecular flexibility index (Phi) is 5.76. The summed E-state index contributed by atoms with van der Waals surface area (Å²) in [4.78, 5) is 0.479. The van der Waals surface area contributed by atoms with Crippen LogP contribution in [0.2, 0.25) is 0 Å². The maximum atomic E-state index is 13.6. The lowest BCUT2D eigenvalue weighted by molar-refractivity contribution is 0.0800. The Morgan fingerprint density at radius 2 is 1.59 bits per heavy atom. The van der Waals surface area contributed by atoms with E-state index >= 15 is 0 Å². The molecule has 1 heterocycles. The number of hydrogen-bond acceptors (Lipinski definition) is 5. The first-order chi connectivity index (χ1) is 15.3. The van der Waals surface area contributed by atoms with Crippen molar-refractivity contribution in [2.75, 3.05) is 0 Å². The molecule has 0 aliphatic carbocycles. The quantitative estimate of drug-likeness (QED) is 0.253. The van der Waals surface area contributed by atoms with Crippen molar-refractivity contribution in [3.63, 3.8) is 0 Å². The fourth-order valence-corrected chi connectivity index (χ4v) is 5.61. The molecule has 1 atom stereocenters. The van der Waals surface area contributed by atoms with Gasteiger partial charge < -0.3 is 15.7 Å². The van der Waals surface area contributed by atoms with Crippen LogP contribution in [0.5, 0.6) is 0 Å². The second-order valence-corrected chi connectivity index (χ2v) is 9.99. The van der Waals surface area contributed by atoms with Gasteiger partial charge in [-0.15, -0.1) is 0 Å². The zero-order valence-electron chi connectivity index (χ0n) is 17.6. The van der Waals surface area contributed by atoms with Crippen LogP contribution >= 0.6 is 0 Å². The number of benzene rings is 3. The number of nitrogens with two attached hydrogens (primary N) is 1. The van der Waals surface area contributed by atoms with Gasteiger partial charge in [0.1, 0.15) is 11.4 Å². The molecule has 1 aliphatic rings. The molecule has 3 aromatic carbocycles. The van der Waals surface area contributed by atoms with Gasteiger partial charge in [-0.2, -0.15) is 0 Å². The van der Waals surface area contributed by atoms with Crippen LogP contribution in [-0.2, 0) is 21.0 Å². The highest BCUT2D eigenvalue weighted by molar-refractivity contribution is 7.95. The van der Waals surface area contributed by atoms with Crippen LogP contribution in [0.1, 0.15) is 30.0 Å². The molecule has 6 nitrogen and oxygen atoms in total. The number of sulfone groups is 1. The van der Waals surface area contributed by atoms with Crippen LogP contribution in [0, 0.1) is 0 Å². The van der Waals surface area contributed by atoms with Crippen LogP contribution in [0.15, 0.2) is 99.9 Å². The van der Waals surface area contributed by atoms with Gasteiger partial charge in [-0.1, -0.05) is 78.0 Å². The summed E-state index contributed by atoms with van der Waals surface area (Å²) in [7, 11) is -3.76. The first kappa shape index (κ1) is 21.6. The Hall–Kier alpha value is -3.58. The second-order valence-electron chi connectivity index (χ2n) is 8.02. The number of nitrogens with zero attached hydrogens (tertiary/aromatic N) is 1. The van der Waals surface area contributed by atoms with Crippen molar-refractivity contribution < 1.29 is 18.4 Å².